The lowest BCUT2D eigenvalue weighted by molar-refractivity contribution is -0.132. The van der Waals surface area contributed by atoms with E-state index < -0.39 is 0 Å². The molecule has 0 aliphatic carbocycles. The summed E-state index contributed by atoms with van der Waals surface area (Å²) >= 11 is 0. The van der Waals surface area contributed by atoms with Crippen molar-refractivity contribution in [1.82, 2.24) is 19.8 Å². The van der Waals surface area contributed by atoms with Crippen LogP contribution < -0.4 is 0 Å². The van der Waals surface area contributed by atoms with Crippen molar-refractivity contribution in [3.8, 4) is 0 Å². The summed E-state index contributed by atoms with van der Waals surface area (Å²) < 4.78 is 5.67. The molecule has 1 aliphatic heterocycles. The summed E-state index contributed by atoms with van der Waals surface area (Å²) in [7, 11) is 0. The van der Waals surface area contributed by atoms with Crippen LogP contribution in [0.4, 0.5) is 0 Å². The normalized spacial score (nSPS) is 18.0. The molecule has 1 aliphatic rings. The van der Waals surface area contributed by atoms with E-state index >= 15 is 0 Å². The summed E-state index contributed by atoms with van der Waals surface area (Å²) in [5.74, 6) is 1.55. The molecule has 6 nitrogen and oxygen atoms in total. The number of hydrogen-bond donors (Lipinski definition) is 0. The number of carbonyl (C=O) groups is 1. The molecule has 1 atom stereocenters. The first kappa shape index (κ1) is 16.6. The third-order valence-corrected chi connectivity index (χ3v) is 4.50. The van der Waals surface area contributed by atoms with Crippen molar-refractivity contribution in [1.29, 1.82) is 0 Å². The fraction of sp³-hybridized carbons (Fsp3) is 0.500. The Morgan fingerprint density at radius 1 is 1.42 bits per heavy atom. The topological polar surface area (TPSA) is 62.5 Å². The molecule has 24 heavy (non-hydrogen) atoms. The van der Waals surface area contributed by atoms with Crippen LogP contribution in [0.15, 0.2) is 35.1 Å². The van der Waals surface area contributed by atoms with Crippen molar-refractivity contribution in [2.24, 2.45) is 0 Å². The van der Waals surface area contributed by atoms with Gasteiger partial charge >= 0.3 is 0 Å². The van der Waals surface area contributed by atoms with E-state index in [4.69, 9.17) is 4.42 Å². The average Bonchev–Trinajstić information content (AvgIpc) is 3.22. The number of carbonyl (C=O) groups excluding carboxylic acids is 1. The first-order valence-electron chi connectivity index (χ1n) is 8.47. The molecule has 2 aromatic heterocycles. The molecule has 3 rings (SSSR count). The van der Waals surface area contributed by atoms with Crippen molar-refractivity contribution in [2.75, 3.05) is 13.1 Å². The minimum atomic E-state index is 0.0713. The minimum Gasteiger partial charge on any atom is -0.444 e. The Kier molecular flexibility index (Phi) is 5.25. The van der Waals surface area contributed by atoms with Crippen LogP contribution in [0.2, 0.25) is 0 Å². The van der Waals surface area contributed by atoms with Gasteiger partial charge in [0.1, 0.15) is 5.76 Å². The molecule has 0 unspecified atom stereocenters. The second kappa shape index (κ2) is 7.57. The quantitative estimate of drug-likeness (QED) is 0.814. The molecule has 0 radical (unpaired) electrons. The number of amides is 1. The van der Waals surface area contributed by atoms with E-state index in [0.29, 0.717) is 12.4 Å². The Balaban J connectivity index is 1.61. The molecule has 1 fully saturated rings. The first-order chi connectivity index (χ1) is 11.7. The van der Waals surface area contributed by atoms with Gasteiger partial charge in [-0.2, -0.15) is 0 Å². The number of hydrogen-bond acceptors (Lipinski definition) is 5. The average molecular weight is 328 g/mol. The number of nitrogens with zero attached hydrogens (tertiary/aromatic N) is 4. The third kappa shape index (κ3) is 4.00. The molecular formula is C18H24N4O2. The van der Waals surface area contributed by atoms with Gasteiger partial charge in [-0.25, -0.2) is 4.98 Å². The number of oxazole rings is 1. The van der Waals surface area contributed by atoms with Crippen LogP contribution in [0.5, 0.6) is 0 Å². The lowest BCUT2D eigenvalue weighted by atomic mass is 10.2. The maximum atomic E-state index is 12.1. The van der Waals surface area contributed by atoms with Crippen LogP contribution in [0.25, 0.3) is 0 Å². The number of rotatable bonds is 6. The molecule has 3 heterocycles. The Hall–Kier alpha value is -2.21. The Labute approximate surface area is 142 Å². The lowest BCUT2D eigenvalue weighted by Crippen LogP contribution is -2.40. The van der Waals surface area contributed by atoms with Gasteiger partial charge in [-0.3, -0.25) is 14.7 Å². The predicted octanol–water partition coefficient (Wildman–Crippen LogP) is 2.26. The second-order valence-corrected chi connectivity index (χ2v) is 6.25. The Morgan fingerprint density at radius 2 is 2.21 bits per heavy atom. The highest BCUT2D eigenvalue weighted by Gasteiger charge is 2.30. The lowest BCUT2D eigenvalue weighted by Gasteiger charge is -2.27. The fourth-order valence-corrected chi connectivity index (χ4v) is 3.18. The molecule has 0 N–H and O–H groups in total. The van der Waals surface area contributed by atoms with E-state index in [2.05, 4.69) is 14.9 Å². The smallest absolute Gasteiger partial charge is 0.220 e. The molecule has 1 amide bonds. The van der Waals surface area contributed by atoms with E-state index in [1.807, 2.05) is 36.4 Å². The molecule has 0 saturated carbocycles. The van der Waals surface area contributed by atoms with Crippen LogP contribution in [-0.2, 0) is 24.3 Å². The van der Waals surface area contributed by atoms with Crippen molar-refractivity contribution in [3.63, 3.8) is 0 Å². The summed E-state index contributed by atoms with van der Waals surface area (Å²) in [6.45, 7) is 6.86. The van der Waals surface area contributed by atoms with E-state index in [0.717, 1.165) is 38.2 Å². The SMILES string of the molecule is CCc1cnc(CN(C(C)=O)[C@@H]2CCN(Cc3ccncc3)C2)o1. The highest BCUT2D eigenvalue weighted by molar-refractivity contribution is 5.73. The van der Waals surface area contributed by atoms with Crippen molar-refractivity contribution < 1.29 is 9.21 Å². The van der Waals surface area contributed by atoms with Gasteiger partial charge in [0.15, 0.2) is 0 Å². The van der Waals surface area contributed by atoms with E-state index in [-0.39, 0.29) is 11.9 Å². The number of aryl methyl sites for hydroxylation is 1. The number of likely N-dealkylation sites (tertiary alicyclic amines) is 1. The van der Waals surface area contributed by atoms with Crippen LogP contribution in [0.1, 0.15) is 37.5 Å². The molecule has 6 heteroatoms. The van der Waals surface area contributed by atoms with Crippen molar-refractivity contribution >= 4 is 5.91 Å². The summed E-state index contributed by atoms with van der Waals surface area (Å²) in [6, 6.07) is 4.28. The Morgan fingerprint density at radius 3 is 2.88 bits per heavy atom. The zero-order chi connectivity index (χ0) is 16.9. The maximum absolute atomic E-state index is 12.1. The van der Waals surface area contributed by atoms with Crippen LogP contribution in [-0.4, -0.2) is 44.8 Å². The number of aromatic nitrogens is 2. The highest BCUT2D eigenvalue weighted by atomic mass is 16.4. The summed E-state index contributed by atoms with van der Waals surface area (Å²) in [6.07, 6.45) is 7.18. The summed E-state index contributed by atoms with van der Waals surface area (Å²) in [5, 5.41) is 0. The van der Waals surface area contributed by atoms with Crippen molar-refractivity contribution in [2.45, 2.75) is 45.8 Å². The summed E-state index contributed by atoms with van der Waals surface area (Å²) in [4.78, 5) is 24.7. The van der Waals surface area contributed by atoms with Gasteiger partial charge < -0.3 is 9.32 Å². The largest absolute Gasteiger partial charge is 0.444 e. The molecule has 0 aromatic carbocycles. The van der Waals surface area contributed by atoms with E-state index in [1.54, 1.807) is 13.1 Å². The predicted molar refractivity (Wildman–Crippen MR) is 90.0 cm³/mol. The first-order valence-corrected chi connectivity index (χ1v) is 8.47. The number of pyridine rings is 1. The molecule has 0 spiro atoms. The van der Waals surface area contributed by atoms with Gasteiger partial charge in [-0.05, 0) is 24.1 Å². The van der Waals surface area contributed by atoms with Gasteiger partial charge in [0.25, 0.3) is 0 Å². The Bertz CT molecular complexity index is 671. The van der Waals surface area contributed by atoms with E-state index in [1.165, 1.54) is 5.56 Å². The molecule has 128 valence electrons. The zero-order valence-electron chi connectivity index (χ0n) is 14.3. The van der Waals surface area contributed by atoms with Crippen LogP contribution >= 0.6 is 0 Å². The zero-order valence-corrected chi connectivity index (χ0v) is 14.3. The minimum absolute atomic E-state index is 0.0713. The van der Waals surface area contributed by atoms with Gasteiger partial charge in [-0.15, -0.1) is 0 Å². The van der Waals surface area contributed by atoms with E-state index in [9.17, 15) is 4.79 Å². The van der Waals surface area contributed by atoms with Crippen LogP contribution in [0, 0.1) is 0 Å². The third-order valence-electron chi connectivity index (χ3n) is 4.50. The standard InChI is InChI=1S/C18H24N4O2/c1-3-17-10-20-18(24-17)13-22(14(2)23)16-6-9-21(12-16)11-15-4-7-19-8-5-15/h4-5,7-8,10,16H,3,6,9,11-13H2,1-2H3/t16-/m1/s1. The monoisotopic (exact) mass is 328 g/mol. The molecule has 1 saturated heterocycles. The molecule has 2 aromatic rings. The van der Waals surface area contributed by atoms with Gasteiger partial charge in [-0.1, -0.05) is 6.92 Å². The fourth-order valence-electron chi connectivity index (χ4n) is 3.18. The second-order valence-electron chi connectivity index (χ2n) is 6.25. The highest BCUT2D eigenvalue weighted by Crippen LogP contribution is 2.20. The summed E-state index contributed by atoms with van der Waals surface area (Å²) in [5.41, 5.74) is 1.25. The van der Waals surface area contributed by atoms with Gasteiger partial charge in [0.2, 0.25) is 11.8 Å². The molecule has 0 bridgehead atoms. The maximum Gasteiger partial charge on any atom is 0.220 e. The van der Waals surface area contributed by atoms with Crippen LogP contribution in [0.3, 0.4) is 0 Å². The van der Waals surface area contributed by atoms with Crippen molar-refractivity contribution in [3.05, 3.63) is 47.9 Å². The molecular weight excluding hydrogens is 304 g/mol. The van der Waals surface area contributed by atoms with Gasteiger partial charge in [0, 0.05) is 51.4 Å². The van der Waals surface area contributed by atoms with Gasteiger partial charge in [0.05, 0.1) is 12.7 Å².